The Bertz CT molecular complexity index is 1650. The molecule has 43 heavy (non-hydrogen) atoms. The Morgan fingerprint density at radius 1 is 1.09 bits per heavy atom. The van der Waals surface area contributed by atoms with E-state index in [0.717, 1.165) is 30.7 Å². The largest absolute Gasteiger partial charge is 0.586 e. The number of ether oxygens (including phenoxy) is 4. The van der Waals surface area contributed by atoms with Crippen LogP contribution in [-0.4, -0.2) is 73.6 Å². The van der Waals surface area contributed by atoms with Crippen molar-refractivity contribution in [3.8, 4) is 17.2 Å². The first-order valence-electron chi connectivity index (χ1n) is 13.7. The standard InChI is InChI=1S/C28H27F2N5O6S.ClH/c1-38-18-4-3-16-22(42-25(33-16)35-13-5-14(35)9-31-8-13)21(18)24(37)32-17-7-20-19(40-28(29,30)41-20)6-15(17)23(36)34-26-10-27(11-26,12-26)39-2;/h3-4,6-7,13-14,31H,5,8-12H2,1-2H3,(H,32,37)(H,34,36);1H. The third kappa shape index (κ3) is 4.29. The fourth-order valence-electron chi connectivity index (χ4n) is 7.08. The number of piperidine rings is 1. The van der Waals surface area contributed by atoms with Gasteiger partial charge in [-0.3, -0.25) is 9.59 Å². The minimum Gasteiger partial charge on any atom is -0.496 e. The molecule has 228 valence electrons. The maximum absolute atomic E-state index is 13.9. The van der Waals surface area contributed by atoms with Gasteiger partial charge < -0.3 is 39.8 Å². The first-order valence-corrected chi connectivity index (χ1v) is 14.5. The number of piperazine rings is 1. The number of fused-ring (bicyclic) bond motifs is 4. The number of thiazole rings is 1. The summed E-state index contributed by atoms with van der Waals surface area (Å²) in [6.07, 6.45) is -0.811. The van der Waals surface area contributed by atoms with Crippen LogP contribution in [0, 0.1) is 0 Å². The van der Waals surface area contributed by atoms with Crippen LogP contribution in [0.2, 0.25) is 0 Å². The third-order valence-corrected chi connectivity index (χ3v) is 10.2. The van der Waals surface area contributed by atoms with Crippen molar-refractivity contribution in [2.24, 2.45) is 0 Å². The summed E-state index contributed by atoms with van der Waals surface area (Å²) in [7, 11) is 3.10. The van der Waals surface area contributed by atoms with E-state index in [2.05, 4.69) is 30.3 Å². The summed E-state index contributed by atoms with van der Waals surface area (Å²) >= 11 is 1.40. The normalized spacial score (nSPS) is 28.6. The molecule has 3 aliphatic carbocycles. The number of aromatic nitrogens is 1. The molecule has 2 atom stereocenters. The molecular formula is C28H28ClF2N5O6S. The average Bonchev–Trinajstić information content (AvgIpc) is 3.46. The number of hydrogen-bond donors (Lipinski definition) is 3. The number of rotatable bonds is 7. The number of anilines is 2. The molecule has 0 radical (unpaired) electrons. The van der Waals surface area contributed by atoms with Crippen molar-refractivity contribution in [2.45, 2.75) is 55.2 Å². The molecule has 3 aliphatic heterocycles. The van der Waals surface area contributed by atoms with Crippen molar-refractivity contribution in [1.82, 2.24) is 15.6 Å². The van der Waals surface area contributed by atoms with Crippen molar-refractivity contribution < 1.29 is 37.3 Å². The maximum atomic E-state index is 13.9. The van der Waals surface area contributed by atoms with Crippen LogP contribution in [0.15, 0.2) is 24.3 Å². The predicted octanol–water partition coefficient (Wildman–Crippen LogP) is 3.90. The first-order chi connectivity index (χ1) is 20.1. The van der Waals surface area contributed by atoms with E-state index in [1.807, 2.05) is 0 Å². The van der Waals surface area contributed by atoms with Gasteiger partial charge in [0.05, 0.1) is 34.2 Å². The highest BCUT2D eigenvalue weighted by Gasteiger charge is 2.69. The van der Waals surface area contributed by atoms with Gasteiger partial charge in [-0.2, -0.15) is 0 Å². The van der Waals surface area contributed by atoms with Gasteiger partial charge >= 0.3 is 6.29 Å². The molecule has 4 bridgehead atoms. The van der Waals surface area contributed by atoms with Gasteiger partial charge in [0, 0.05) is 43.9 Å². The Hall–Kier alpha value is -3.46. The number of benzene rings is 2. The van der Waals surface area contributed by atoms with Crippen molar-refractivity contribution in [3.05, 3.63) is 35.4 Å². The Balaban J connectivity index is 0.00000300. The summed E-state index contributed by atoms with van der Waals surface area (Å²) in [5.41, 5.74) is 0.202. The van der Waals surface area contributed by atoms with E-state index < -0.39 is 23.6 Å². The highest BCUT2D eigenvalue weighted by atomic mass is 35.5. The lowest BCUT2D eigenvalue weighted by Gasteiger charge is -2.69. The van der Waals surface area contributed by atoms with E-state index in [1.54, 1.807) is 19.2 Å². The predicted molar refractivity (Wildman–Crippen MR) is 155 cm³/mol. The lowest BCUT2D eigenvalue weighted by Crippen LogP contribution is -2.79. The second kappa shape index (κ2) is 9.52. The van der Waals surface area contributed by atoms with E-state index in [0.29, 0.717) is 47.3 Å². The quantitative estimate of drug-likeness (QED) is 0.355. The van der Waals surface area contributed by atoms with E-state index >= 15 is 0 Å². The topological polar surface area (TPSA) is 123 Å². The Labute approximate surface area is 254 Å². The smallest absolute Gasteiger partial charge is 0.496 e. The second-order valence-electron chi connectivity index (χ2n) is 11.7. The van der Waals surface area contributed by atoms with Crippen molar-refractivity contribution in [1.29, 1.82) is 0 Å². The monoisotopic (exact) mass is 635 g/mol. The number of amides is 2. The molecule has 0 spiro atoms. The summed E-state index contributed by atoms with van der Waals surface area (Å²) in [5.74, 6) is -1.38. The minimum atomic E-state index is -3.89. The number of halogens is 3. The maximum Gasteiger partial charge on any atom is 0.586 e. The number of carbonyl (C=O) groups excluding carboxylic acids is 2. The zero-order valence-corrected chi connectivity index (χ0v) is 24.8. The molecule has 3 N–H and O–H groups in total. The van der Waals surface area contributed by atoms with Crippen LogP contribution >= 0.6 is 23.7 Å². The lowest BCUT2D eigenvalue weighted by atomic mass is 9.46. The highest BCUT2D eigenvalue weighted by Crippen LogP contribution is 2.62. The molecular weight excluding hydrogens is 608 g/mol. The van der Waals surface area contributed by atoms with E-state index in [1.165, 1.54) is 24.5 Å². The Morgan fingerprint density at radius 2 is 1.79 bits per heavy atom. The van der Waals surface area contributed by atoms with E-state index in [4.69, 9.17) is 14.5 Å². The summed E-state index contributed by atoms with van der Waals surface area (Å²) in [6, 6.07) is 6.53. The number of nitrogens with one attached hydrogen (secondary N) is 3. The third-order valence-electron chi connectivity index (χ3n) is 9.09. The molecule has 1 aromatic heterocycles. The molecule has 2 amide bonds. The van der Waals surface area contributed by atoms with Gasteiger partial charge in [0.25, 0.3) is 11.8 Å². The van der Waals surface area contributed by atoms with E-state index in [-0.39, 0.29) is 46.3 Å². The fourth-order valence-corrected chi connectivity index (χ4v) is 8.32. The van der Waals surface area contributed by atoms with Gasteiger partial charge in [0.2, 0.25) is 0 Å². The SMILES string of the molecule is COc1ccc2nc(N3C4CNCC3C4)sc2c1C(=O)Nc1cc2c(cc1C(=O)NC13CC(OC)(C1)C3)OC(F)(F)O2.Cl. The fraction of sp³-hybridized carbons (Fsp3) is 0.464. The molecule has 15 heteroatoms. The molecule has 2 aromatic carbocycles. The number of alkyl halides is 2. The van der Waals surface area contributed by atoms with Crippen LogP contribution < -0.4 is 35.1 Å². The summed E-state index contributed by atoms with van der Waals surface area (Å²) in [6.45, 7) is 1.76. The van der Waals surface area contributed by atoms with Gasteiger partial charge in [0.1, 0.15) is 11.3 Å². The number of nitrogens with zero attached hydrogens (tertiary/aromatic N) is 2. The van der Waals surface area contributed by atoms with Crippen molar-refractivity contribution in [3.63, 3.8) is 0 Å². The molecule has 5 fully saturated rings. The number of methoxy groups -OCH3 is 2. The van der Waals surface area contributed by atoms with Gasteiger partial charge in [-0.1, -0.05) is 11.3 Å². The van der Waals surface area contributed by atoms with Crippen LogP contribution in [0.1, 0.15) is 46.4 Å². The van der Waals surface area contributed by atoms with Crippen LogP contribution in [0.3, 0.4) is 0 Å². The molecule has 11 nitrogen and oxygen atoms in total. The summed E-state index contributed by atoms with van der Waals surface area (Å²) in [5, 5.41) is 10.00. The van der Waals surface area contributed by atoms with Crippen LogP contribution in [-0.2, 0) is 4.74 Å². The number of hydrogen-bond acceptors (Lipinski definition) is 10. The summed E-state index contributed by atoms with van der Waals surface area (Å²) < 4.78 is 48.8. The molecule has 9 rings (SSSR count). The summed E-state index contributed by atoms with van der Waals surface area (Å²) in [4.78, 5) is 34.5. The molecule has 3 aromatic rings. The molecule has 2 saturated heterocycles. The van der Waals surface area contributed by atoms with Gasteiger partial charge in [0.15, 0.2) is 16.6 Å². The zero-order chi connectivity index (χ0) is 29.0. The molecule has 4 heterocycles. The van der Waals surface area contributed by atoms with Crippen molar-refractivity contribution >= 4 is 56.6 Å². The first kappa shape index (κ1) is 28.3. The second-order valence-corrected chi connectivity index (χ2v) is 12.7. The van der Waals surface area contributed by atoms with Crippen molar-refractivity contribution in [2.75, 3.05) is 37.5 Å². The lowest BCUT2D eigenvalue weighted by molar-refractivity contribution is -0.286. The van der Waals surface area contributed by atoms with Gasteiger partial charge in [-0.25, -0.2) is 4.98 Å². The number of carbonyl (C=O) groups is 2. The molecule has 2 unspecified atom stereocenters. The average molecular weight is 636 g/mol. The van der Waals surface area contributed by atoms with Crippen LogP contribution in [0.4, 0.5) is 19.6 Å². The van der Waals surface area contributed by atoms with Crippen LogP contribution in [0.5, 0.6) is 17.2 Å². The van der Waals surface area contributed by atoms with Crippen LogP contribution in [0.25, 0.3) is 10.2 Å². The van der Waals surface area contributed by atoms with Gasteiger partial charge in [-0.05, 0) is 43.9 Å². The molecule has 6 aliphatic rings. The highest BCUT2D eigenvalue weighted by molar-refractivity contribution is 7.22. The minimum absolute atomic E-state index is 0. The van der Waals surface area contributed by atoms with E-state index in [9.17, 15) is 18.4 Å². The van der Waals surface area contributed by atoms with Gasteiger partial charge in [-0.15, -0.1) is 21.2 Å². The molecule has 3 saturated carbocycles. The Kier molecular flexibility index (Phi) is 6.27. The Morgan fingerprint density at radius 3 is 2.44 bits per heavy atom. The zero-order valence-electron chi connectivity index (χ0n) is 23.1.